The highest BCUT2D eigenvalue weighted by Gasteiger charge is 2.15. The van der Waals surface area contributed by atoms with Gasteiger partial charge in [0.05, 0.1) is 46.8 Å². The molecule has 0 atom stereocenters. The van der Waals surface area contributed by atoms with Crippen molar-refractivity contribution in [2.24, 2.45) is 4.99 Å². The highest BCUT2D eigenvalue weighted by molar-refractivity contribution is 7.21. The van der Waals surface area contributed by atoms with Gasteiger partial charge in [0.1, 0.15) is 10.6 Å². The van der Waals surface area contributed by atoms with Crippen molar-refractivity contribution in [1.29, 1.82) is 0 Å². The van der Waals surface area contributed by atoms with E-state index >= 15 is 0 Å². The molecule has 25 heavy (non-hydrogen) atoms. The summed E-state index contributed by atoms with van der Waals surface area (Å²) >= 11 is 2.91. The first-order valence-electron chi connectivity index (χ1n) is 7.50. The van der Waals surface area contributed by atoms with Crippen LogP contribution in [0.2, 0.25) is 0 Å². The van der Waals surface area contributed by atoms with Crippen LogP contribution in [0, 0.1) is 0 Å². The minimum Gasteiger partial charge on any atom is -0.496 e. The molecule has 0 bridgehead atoms. The van der Waals surface area contributed by atoms with E-state index in [1.165, 1.54) is 11.3 Å². The van der Waals surface area contributed by atoms with Gasteiger partial charge in [-0.25, -0.2) is 9.97 Å². The van der Waals surface area contributed by atoms with Crippen LogP contribution in [0.1, 0.15) is 16.6 Å². The van der Waals surface area contributed by atoms with Gasteiger partial charge in [-0.2, -0.15) is 0 Å². The first kappa shape index (κ1) is 17.2. The lowest BCUT2D eigenvalue weighted by Crippen LogP contribution is -2.20. The topological polar surface area (TPSA) is 76.5 Å². The molecular formula is C17H16N4O2S2. The molecule has 0 aliphatic carbocycles. The SMILES string of the molecule is C/C=c1/scn/c1=C/CN=CNc1c(C=O)sc2nccc(OC)c12. The Morgan fingerprint density at radius 3 is 3.04 bits per heavy atom. The van der Waals surface area contributed by atoms with E-state index in [0.29, 0.717) is 22.9 Å². The van der Waals surface area contributed by atoms with Crippen LogP contribution < -0.4 is 19.9 Å². The van der Waals surface area contributed by atoms with Crippen molar-refractivity contribution in [1.82, 2.24) is 9.97 Å². The summed E-state index contributed by atoms with van der Waals surface area (Å²) in [5.74, 6) is 0.669. The second-order valence-corrected chi connectivity index (χ2v) is 6.80. The van der Waals surface area contributed by atoms with Crippen molar-refractivity contribution in [3.8, 4) is 5.75 Å². The second-order valence-electron chi connectivity index (χ2n) is 4.89. The van der Waals surface area contributed by atoms with E-state index in [1.807, 2.05) is 24.6 Å². The number of carbonyl (C=O) groups is 1. The Balaban J connectivity index is 1.83. The predicted octanol–water partition coefficient (Wildman–Crippen LogP) is 2.30. The number of thiophene rings is 1. The number of pyridine rings is 1. The van der Waals surface area contributed by atoms with Crippen LogP contribution in [-0.4, -0.2) is 36.2 Å². The standard InChI is InChI=1S/C17H16N4O2S2/c1-3-13-11(21-10-24-13)4-6-18-9-20-16-14(8-22)25-17-15(16)12(23-2)5-7-19-17/h3-5,7-10H,6H2,1-2H3,(H,18,20)/b11-4+,13-3+. The summed E-state index contributed by atoms with van der Waals surface area (Å²) in [5.41, 5.74) is 2.48. The molecule has 6 nitrogen and oxygen atoms in total. The van der Waals surface area contributed by atoms with Crippen LogP contribution in [0.4, 0.5) is 5.69 Å². The fourth-order valence-corrected chi connectivity index (χ4v) is 3.95. The van der Waals surface area contributed by atoms with Crippen LogP contribution in [0.25, 0.3) is 22.4 Å². The predicted molar refractivity (Wildman–Crippen MR) is 105 cm³/mol. The van der Waals surface area contributed by atoms with Gasteiger partial charge < -0.3 is 10.1 Å². The highest BCUT2D eigenvalue weighted by atomic mass is 32.1. The van der Waals surface area contributed by atoms with Crippen LogP contribution in [0.3, 0.4) is 0 Å². The smallest absolute Gasteiger partial charge is 0.162 e. The van der Waals surface area contributed by atoms with Gasteiger partial charge in [0.25, 0.3) is 0 Å². The van der Waals surface area contributed by atoms with Crippen molar-refractivity contribution >= 4 is 63.4 Å². The molecule has 3 aromatic rings. The number of ether oxygens (including phenoxy) is 1. The third-order valence-corrected chi connectivity index (χ3v) is 5.42. The summed E-state index contributed by atoms with van der Waals surface area (Å²) in [4.78, 5) is 25.6. The number of nitrogens with one attached hydrogen (secondary N) is 1. The Morgan fingerprint density at radius 1 is 1.40 bits per heavy atom. The zero-order valence-corrected chi connectivity index (χ0v) is 15.4. The molecule has 0 radical (unpaired) electrons. The maximum Gasteiger partial charge on any atom is 0.162 e. The van der Waals surface area contributed by atoms with Gasteiger partial charge in [0, 0.05) is 10.7 Å². The van der Waals surface area contributed by atoms with Crippen LogP contribution in [0.5, 0.6) is 5.75 Å². The first-order chi connectivity index (χ1) is 12.3. The van der Waals surface area contributed by atoms with E-state index < -0.39 is 0 Å². The average Bonchev–Trinajstić information content (AvgIpc) is 3.25. The van der Waals surface area contributed by atoms with E-state index in [2.05, 4.69) is 20.3 Å². The zero-order valence-electron chi connectivity index (χ0n) is 13.7. The highest BCUT2D eigenvalue weighted by Crippen LogP contribution is 2.38. The Labute approximate surface area is 152 Å². The Bertz CT molecular complexity index is 1040. The fraction of sp³-hybridized carbons (Fsp3) is 0.176. The molecule has 0 saturated heterocycles. The molecule has 0 saturated carbocycles. The number of carbonyl (C=O) groups excluding carboxylic acids is 1. The Morgan fingerprint density at radius 2 is 2.28 bits per heavy atom. The number of hydrogen-bond donors (Lipinski definition) is 1. The van der Waals surface area contributed by atoms with Crippen molar-refractivity contribution in [2.45, 2.75) is 6.92 Å². The van der Waals surface area contributed by atoms with Crippen molar-refractivity contribution in [3.63, 3.8) is 0 Å². The third kappa shape index (κ3) is 3.59. The molecule has 128 valence electrons. The number of thiazole rings is 1. The molecule has 3 heterocycles. The summed E-state index contributed by atoms with van der Waals surface area (Å²) < 4.78 is 6.51. The minimum atomic E-state index is 0.492. The van der Waals surface area contributed by atoms with E-state index in [9.17, 15) is 4.79 Å². The molecule has 0 aliphatic heterocycles. The van der Waals surface area contributed by atoms with Crippen molar-refractivity contribution in [3.05, 3.63) is 32.5 Å². The number of rotatable bonds is 6. The first-order valence-corrected chi connectivity index (χ1v) is 9.19. The normalized spacial score (nSPS) is 13.0. The largest absolute Gasteiger partial charge is 0.496 e. The quantitative estimate of drug-likeness (QED) is 0.408. The molecule has 8 heteroatoms. The van der Waals surface area contributed by atoms with Gasteiger partial charge >= 0.3 is 0 Å². The van der Waals surface area contributed by atoms with E-state index in [0.717, 1.165) is 26.4 Å². The minimum absolute atomic E-state index is 0.492. The summed E-state index contributed by atoms with van der Waals surface area (Å²) in [6, 6.07) is 1.77. The Hall–Kier alpha value is -2.58. The number of aldehydes is 1. The van der Waals surface area contributed by atoms with Gasteiger partial charge in [-0.1, -0.05) is 6.08 Å². The maximum atomic E-state index is 11.4. The lowest BCUT2D eigenvalue weighted by molar-refractivity contribution is 0.112. The van der Waals surface area contributed by atoms with Gasteiger partial charge in [0.2, 0.25) is 0 Å². The van der Waals surface area contributed by atoms with E-state index in [-0.39, 0.29) is 0 Å². The number of fused-ring (bicyclic) bond motifs is 1. The van der Waals surface area contributed by atoms with Gasteiger partial charge in [0.15, 0.2) is 6.29 Å². The number of hydrogen-bond acceptors (Lipinski definition) is 7. The molecule has 3 aromatic heterocycles. The third-order valence-electron chi connectivity index (χ3n) is 3.48. The molecule has 0 amide bonds. The zero-order chi connectivity index (χ0) is 17.6. The molecule has 0 unspecified atom stereocenters. The van der Waals surface area contributed by atoms with Crippen LogP contribution >= 0.6 is 22.7 Å². The summed E-state index contributed by atoms with van der Waals surface area (Å²) in [5, 5.41) is 4.81. The summed E-state index contributed by atoms with van der Waals surface area (Å²) in [6.45, 7) is 2.48. The Kier molecular flexibility index (Phi) is 5.52. The lowest BCUT2D eigenvalue weighted by atomic mass is 10.2. The molecular weight excluding hydrogens is 356 g/mol. The van der Waals surface area contributed by atoms with Crippen LogP contribution in [-0.2, 0) is 0 Å². The molecule has 0 aliphatic rings. The van der Waals surface area contributed by atoms with Crippen LogP contribution in [0.15, 0.2) is 22.8 Å². The molecule has 3 rings (SSSR count). The van der Waals surface area contributed by atoms with Gasteiger partial charge in [-0.3, -0.25) is 9.79 Å². The summed E-state index contributed by atoms with van der Waals surface area (Å²) in [6.07, 6.45) is 8.04. The van der Waals surface area contributed by atoms with Gasteiger partial charge in [-0.05, 0) is 19.1 Å². The summed E-state index contributed by atoms with van der Waals surface area (Å²) in [7, 11) is 1.59. The second kappa shape index (κ2) is 8.00. The lowest BCUT2D eigenvalue weighted by Gasteiger charge is -2.04. The molecule has 0 aromatic carbocycles. The molecule has 0 spiro atoms. The number of aromatic nitrogens is 2. The number of aliphatic imine (C=N–C) groups is 1. The average molecular weight is 372 g/mol. The van der Waals surface area contributed by atoms with Gasteiger partial charge in [-0.15, -0.1) is 22.7 Å². The number of methoxy groups -OCH3 is 1. The monoisotopic (exact) mass is 372 g/mol. The van der Waals surface area contributed by atoms with Crippen molar-refractivity contribution < 1.29 is 9.53 Å². The fourth-order valence-electron chi connectivity index (χ4n) is 2.34. The maximum absolute atomic E-state index is 11.4. The van der Waals surface area contributed by atoms with Crippen molar-refractivity contribution in [2.75, 3.05) is 19.0 Å². The van der Waals surface area contributed by atoms with E-state index in [1.54, 1.807) is 37.0 Å². The number of anilines is 1. The number of nitrogens with zero attached hydrogens (tertiary/aromatic N) is 3. The molecule has 0 fully saturated rings. The molecule has 1 N–H and O–H groups in total. The van der Waals surface area contributed by atoms with E-state index in [4.69, 9.17) is 4.74 Å².